The van der Waals surface area contributed by atoms with Gasteiger partial charge < -0.3 is 22.1 Å². The first-order valence-corrected chi connectivity index (χ1v) is 13.5. The van der Waals surface area contributed by atoms with Crippen LogP contribution in [0.2, 0.25) is 0 Å². The molecule has 0 bridgehead atoms. The van der Waals surface area contributed by atoms with E-state index >= 15 is 0 Å². The van der Waals surface area contributed by atoms with Crippen molar-refractivity contribution >= 4 is 55.6 Å². The molecular weight excluding hydrogens is 484 g/mol. The lowest BCUT2D eigenvalue weighted by Crippen LogP contribution is -2.46. The lowest BCUT2D eigenvalue weighted by Gasteiger charge is -2.35. The molecule has 37 heavy (non-hydrogen) atoms. The second-order valence-electron chi connectivity index (χ2n) is 9.61. The maximum Gasteiger partial charge on any atom is 0.260 e. The fraction of sp³-hybridized carbons (Fsp3) is 0.321. The summed E-state index contributed by atoms with van der Waals surface area (Å²) < 4.78 is 0. The van der Waals surface area contributed by atoms with Gasteiger partial charge in [0, 0.05) is 24.5 Å². The summed E-state index contributed by atoms with van der Waals surface area (Å²) in [7, 11) is 0. The first kappa shape index (κ1) is 25.0. The van der Waals surface area contributed by atoms with E-state index in [2.05, 4.69) is 23.2 Å². The zero-order valence-electron chi connectivity index (χ0n) is 20.9. The quantitative estimate of drug-likeness (QED) is 0.280. The third-order valence-electron chi connectivity index (χ3n) is 7.15. The topological polar surface area (TPSA) is 140 Å². The van der Waals surface area contributed by atoms with Crippen molar-refractivity contribution in [2.75, 3.05) is 23.7 Å². The van der Waals surface area contributed by atoms with Gasteiger partial charge in [-0.2, -0.15) is 0 Å². The van der Waals surface area contributed by atoms with Gasteiger partial charge in [-0.1, -0.05) is 55.8 Å². The van der Waals surface area contributed by atoms with E-state index in [0.717, 1.165) is 76.7 Å². The Bertz CT molecular complexity index is 1470. The number of nitrogens with one attached hydrogen (secondary N) is 1. The minimum absolute atomic E-state index is 0.144. The minimum Gasteiger partial charge on any atom is -0.397 e. The lowest BCUT2D eigenvalue weighted by atomic mass is 9.96. The van der Waals surface area contributed by atoms with E-state index in [-0.39, 0.29) is 11.9 Å². The number of hydrogen-bond acceptors (Lipinski definition) is 7. The average Bonchev–Trinajstić information content (AvgIpc) is 3.24. The molecule has 2 aromatic heterocycles. The minimum atomic E-state index is -0.561. The number of amides is 2. The number of rotatable bonds is 8. The number of primary amides is 2. The first-order chi connectivity index (χ1) is 17.9. The molecule has 4 aromatic rings. The number of aromatic nitrogens is 1. The molecule has 8 nitrogen and oxygen atoms in total. The third kappa shape index (κ3) is 4.84. The summed E-state index contributed by atoms with van der Waals surface area (Å²) >= 11 is 1.26. The molecule has 5 rings (SSSR count). The molecule has 1 fully saturated rings. The Hall–Kier alpha value is -3.69. The highest BCUT2D eigenvalue weighted by Crippen LogP contribution is 2.37. The van der Waals surface area contributed by atoms with Crippen molar-refractivity contribution in [1.82, 2.24) is 10.3 Å². The molecule has 9 heteroatoms. The number of benzene rings is 2. The van der Waals surface area contributed by atoms with Crippen LogP contribution in [0.3, 0.4) is 0 Å². The van der Waals surface area contributed by atoms with Gasteiger partial charge in [0.1, 0.15) is 21.6 Å². The van der Waals surface area contributed by atoms with E-state index in [1.54, 1.807) is 0 Å². The first-order valence-electron chi connectivity index (χ1n) is 12.7. The number of aryl methyl sites for hydroxylation is 1. The number of anilines is 2. The number of fused-ring (bicyclic) bond motifs is 2. The zero-order chi connectivity index (χ0) is 26.1. The summed E-state index contributed by atoms with van der Waals surface area (Å²) in [4.78, 5) is 32.6. The number of carbonyl (C=O) groups excluding carboxylic acids is 2. The number of piperidine rings is 1. The van der Waals surface area contributed by atoms with Crippen molar-refractivity contribution in [3.05, 3.63) is 64.5 Å². The van der Waals surface area contributed by atoms with Crippen LogP contribution in [0.25, 0.3) is 21.0 Å². The van der Waals surface area contributed by atoms with Crippen molar-refractivity contribution < 1.29 is 9.59 Å². The van der Waals surface area contributed by atoms with Crippen LogP contribution in [0, 0.1) is 0 Å². The predicted molar refractivity (Wildman–Crippen MR) is 151 cm³/mol. The number of nitrogens with two attached hydrogens (primary N) is 3. The van der Waals surface area contributed by atoms with Gasteiger partial charge in [-0.3, -0.25) is 14.9 Å². The van der Waals surface area contributed by atoms with Crippen LogP contribution >= 0.6 is 11.3 Å². The molecule has 1 aliphatic rings. The van der Waals surface area contributed by atoms with Crippen molar-refractivity contribution in [1.29, 1.82) is 0 Å². The van der Waals surface area contributed by atoms with E-state index in [1.807, 2.05) is 42.5 Å². The van der Waals surface area contributed by atoms with Crippen LogP contribution in [-0.2, 0) is 11.2 Å². The Morgan fingerprint density at radius 3 is 2.57 bits per heavy atom. The van der Waals surface area contributed by atoms with Crippen molar-refractivity contribution in [3.8, 4) is 0 Å². The van der Waals surface area contributed by atoms with Gasteiger partial charge in [0.2, 0.25) is 5.91 Å². The van der Waals surface area contributed by atoms with Gasteiger partial charge in [0.25, 0.3) is 5.91 Å². The maximum absolute atomic E-state index is 12.5. The molecule has 1 aliphatic heterocycles. The van der Waals surface area contributed by atoms with Gasteiger partial charge in [-0.15, -0.1) is 11.3 Å². The molecular formula is C28H32N6O2S. The highest BCUT2D eigenvalue weighted by molar-refractivity contribution is 7.21. The van der Waals surface area contributed by atoms with Crippen LogP contribution in [-0.4, -0.2) is 35.9 Å². The third-order valence-corrected chi connectivity index (χ3v) is 8.26. The SMILES string of the molecule is CCCc1cc(N2CCC(NC(C(N)=O)c3cccc4ccccc34)CC2)nc2sc(C(N)=O)c(N)c12. The van der Waals surface area contributed by atoms with E-state index in [1.165, 1.54) is 11.3 Å². The number of nitrogen functional groups attached to an aromatic ring is 1. The van der Waals surface area contributed by atoms with Crippen molar-refractivity contribution in [3.63, 3.8) is 0 Å². The lowest BCUT2D eigenvalue weighted by molar-refractivity contribution is -0.120. The Balaban J connectivity index is 1.35. The second-order valence-corrected chi connectivity index (χ2v) is 10.6. The van der Waals surface area contributed by atoms with Gasteiger partial charge in [0.05, 0.1) is 5.69 Å². The molecule has 192 valence electrons. The molecule has 3 heterocycles. The molecule has 2 amide bonds. The number of hydrogen-bond donors (Lipinski definition) is 4. The van der Waals surface area contributed by atoms with Crippen LogP contribution < -0.4 is 27.4 Å². The van der Waals surface area contributed by atoms with Gasteiger partial charge in [0.15, 0.2) is 0 Å². The smallest absolute Gasteiger partial charge is 0.260 e. The number of nitrogens with zero attached hydrogens (tertiary/aromatic N) is 2. The molecule has 7 N–H and O–H groups in total. The van der Waals surface area contributed by atoms with Gasteiger partial charge in [-0.25, -0.2) is 4.98 Å². The van der Waals surface area contributed by atoms with Gasteiger partial charge in [-0.05, 0) is 47.2 Å². The number of pyridine rings is 1. The molecule has 0 radical (unpaired) electrons. The Morgan fingerprint density at radius 2 is 1.86 bits per heavy atom. The maximum atomic E-state index is 12.5. The Kier molecular flexibility index (Phi) is 6.99. The number of thiophene rings is 1. The highest BCUT2D eigenvalue weighted by Gasteiger charge is 2.28. The zero-order valence-corrected chi connectivity index (χ0v) is 21.7. The fourth-order valence-corrected chi connectivity index (χ4v) is 6.32. The molecule has 0 aliphatic carbocycles. The largest absolute Gasteiger partial charge is 0.397 e. The molecule has 0 spiro atoms. The summed E-state index contributed by atoms with van der Waals surface area (Å²) in [6.07, 6.45) is 3.48. The van der Waals surface area contributed by atoms with Crippen LogP contribution in [0.5, 0.6) is 0 Å². The molecule has 2 aromatic carbocycles. The van der Waals surface area contributed by atoms with E-state index < -0.39 is 11.9 Å². The monoisotopic (exact) mass is 516 g/mol. The standard InChI is InChI=1S/C28H32N6O2S/c1-2-6-17-15-21(33-28-22(17)23(29)25(37-28)27(31)36)34-13-11-18(12-14-34)32-24(26(30)35)20-10-5-8-16-7-3-4-9-19(16)20/h3-5,7-10,15,18,24,32H,2,6,11-14,29H2,1H3,(H2,30,35)(H2,31,36). The molecule has 1 saturated heterocycles. The van der Waals surface area contributed by atoms with Gasteiger partial charge >= 0.3 is 0 Å². The van der Waals surface area contributed by atoms with Crippen molar-refractivity contribution in [2.24, 2.45) is 11.5 Å². The molecule has 1 unspecified atom stereocenters. The van der Waals surface area contributed by atoms with E-state index in [4.69, 9.17) is 22.2 Å². The summed E-state index contributed by atoms with van der Waals surface area (Å²) in [5.41, 5.74) is 20.1. The summed E-state index contributed by atoms with van der Waals surface area (Å²) in [5.74, 6) is -0.0191. The Labute approximate surface area is 219 Å². The highest BCUT2D eigenvalue weighted by atomic mass is 32.1. The van der Waals surface area contributed by atoms with E-state index in [0.29, 0.717) is 10.6 Å². The Morgan fingerprint density at radius 1 is 1.14 bits per heavy atom. The van der Waals surface area contributed by atoms with Crippen LogP contribution in [0.4, 0.5) is 11.5 Å². The van der Waals surface area contributed by atoms with Crippen molar-refractivity contribution in [2.45, 2.75) is 44.7 Å². The van der Waals surface area contributed by atoms with Crippen LogP contribution in [0.15, 0.2) is 48.5 Å². The van der Waals surface area contributed by atoms with E-state index in [9.17, 15) is 9.59 Å². The summed E-state index contributed by atoms with van der Waals surface area (Å²) in [6, 6.07) is 15.7. The average molecular weight is 517 g/mol. The predicted octanol–water partition coefficient (Wildman–Crippen LogP) is 3.87. The normalized spacial score (nSPS) is 15.3. The summed E-state index contributed by atoms with van der Waals surface area (Å²) in [6.45, 7) is 3.68. The van der Waals surface area contributed by atoms with Crippen LogP contribution in [0.1, 0.15) is 53.0 Å². The number of carbonyl (C=O) groups is 2. The fourth-order valence-electron chi connectivity index (χ4n) is 5.33. The summed E-state index contributed by atoms with van der Waals surface area (Å²) in [5, 5.41) is 6.50. The second kappa shape index (κ2) is 10.4. The molecule has 1 atom stereocenters. The molecule has 0 saturated carbocycles.